The molecular weight excluding hydrogens is 278 g/mol. The molecular formula is C15H17N7. The number of aromatic nitrogens is 5. The molecule has 4 rings (SSSR count). The van der Waals surface area contributed by atoms with Crippen LogP contribution >= 0.6 is 0 Å². The van der Waals surface area contributed by atoms with Crippen LogP contribution in [0.3, 0.4) is 0 Å². The minimum absolute atomic E-state index is 0.657. The molecule has 4 heterocycles. The van der Waals surface area contributed by atoms with Crippen molar-refractivity contribution in [3.63, 3.8) is 0 Å². The van der Waals surface area contributed by atoms with Crippen LogP contribution in [0.5, 0.6) is 0 Å². The van der Waals surface area contributed by atoms with Gasteiger partial charge in [0.25, 0.3) is 5.78 Å². The Balaban J connectivity index is 1.57. The Hall–Kier alpha value is -2.70. The number of anilines is 2. The second kappa shape index (κ2) is 5.25. The van der Waals surface area contributed by atoms with Crippen molar-refractivity contribution in [1.82, 2.24) is 24.6 Å². The van der Waals surface area contributed by atoms with Gasteiger partial charge in [0.15, 0.2) is 0 Å². The van der Waals surface area contributed by atoms with Gasteiger partial charge in [0.05, 0.1) is 11.9 Å². The maximum absolute atomic E-state index is 4.40. The van der Waals surface area contributed by atoms with E-state index in [0.29, 0.717) is 5.78 Å². The molecule has 0 bridgehead atoms. The first-order valence-electron chi connectivity index (χ1n) is 7.38. The third kappa shape index (κ3) is 2.24. The Bertz CT molecular complexity index is 775. The van der Waals surface area contributed by atoms with Gasteiger partial charge >= 0.3 is 0 Å². The maximum Gasteiger partial charge on any atom is 0.254 e. The highest BCUT2D eigenvalue weighted by molar-refractivity contribution is 5.50. The highest BCUT2D eigenvalue weighted by Crippen LogP contribution is 2.20. The average molecular weight is 295 g/mol. The van der Waals surface area contributed by atoms with Crippen LogP contribution in [0.2, 0.25) is 0 Å². The molecule has 0 radical (unpaired) electrons. The fourth-order valence-corrected chi connectivity index (χ4v) is 2.87. The van der Waals surface area contributed by atoms with E-state index in [0.717, 1.165) is 37.7 Å². The lowest BCUT2D eigenvalue weighted by Gasteiger charge is -2.37. The summed E-state index contributed by atoms with van der Waals surface area (Å²) in [6.07, 6.45) is 5.28. The molecule has 112 valence electrons. The molecule has 0 unspecified atom stereocenters. The number of piperazine rings is 1. The summed E-state index contributed by atoms with van der Waals surface area (Å²) in [5.74, 6) is 1.72. The lowest BCUT2D eigenvalue weighted by Crippen LogP contribution is -2.47. The highest BCUT2D eigenvalue weighted by Gasteiger charge is 2.20. The summed E-state index contributed by atoms with van der Waals surface area (Å²) in [5.41, 5.74) is 2.14. The number of aryl methyl sites for hydroxylation is 1. The molecule has 0 atom stereocenters. The van der Waals surface area contributed by atoms with Crippen molar-refractivity contribution in [2.75, 3.05) is 36.0 Å². The standard InChI is InChI=1S/C15H17N7/c1-12-9-14(22-15(19-12)17-11-18-22)21-7-5-20(6-8-21)13-3-2-4-16-10-13/h2-4,9-11H,5-8H2,1H3. The molecule has 7 nitrogen and oxygen atoms in total. The summed E-state index contributed by atoms with van der Waals surface area (Å²) in [6.45, 7) is 5.79. The van der Waals surface area contributed by atoms with Crippen molar-refractivity contribution in [1.29, 1.82) is 0 Å². The maximum atomic E-state index is 4.40. The predicted molar refractivity (Wildman–Crippen MR) is 84.2 cm³/mol. The number of pyridine rings is 1. The molecule has 7 heteroatoms. The highest BCUT2D eigenvalue weighted by atomic mass is 15.4. The quantitative estimate of drug-likeness (QED) is 0.707. The molecule has 0 saturated carbocycles. The molecule has 1 fully saturated rings. The average Bonchev–Trinajstić information content (AvgIpc) is 3.03. The van der Waals surface area contributed by atoms with Crippen LogP contribution in [0.4, 0.5) is 11.5 Å². The van der Waals surface area contributed by atoms with Gasteiger partial charge in [-0.15, -0.1) is 0 Å². The molecule has 1 aliphatic rings. The lowest BCUT2D eigenvalue weighted by atomic mass is 10.2. The van der Waals surface area contributed by atoms with Crippen LogP contribution in [0.15, 0.2) is 36.9 Å². The van der Waals surface area contributed by atoms with Crippen molar-refractivity contribution >= 4 is 17.3 Å². The van der Waals surface area contributed by atoms with Gasteiger partial charge in [0, 0.05) is 44.1 Å². The molecule has 3 aromatic heterocycles. The minimum atomic E-state index is 0.657. The van der Waals surface area contributed by atoms with Crippen LogP contribution in [0.1, 0.15) is 5.69 Å². The number of fused-ring (bicyclic) bond motifs is 1. The molecule has 0 amide bonds. The van der Waals surface area contributed by atoms with E-state index in [9.17, 15) is 0 Å². The van der Waals surface area contributed by atoms with Gasteiger partial charge in [-0.3, -0.25) is 4.98 Å². The third-order valence-corrected chi connectivity index (χ3v) is 3.98. The molecule has 0 N–H and O–H groups in total. The van der Waals surface area contributed by atoms with Gasteiger partial charge in [-0.1, -0.05) is 0 Å². The van der Waals surface area contributed by atoms with E-state index in [2.05, 4.69) is 42.0 Å². The third-order valence-electron chi connectivity index (χ3n) is 3.98. The smallest absolute Gasteiger partial charge is 0.254 e. The van der Waals surface area contributed by atoms with Gasteiger partial charge in [-0.25, -0.2) is 4.98 Å². The Kier molecular flexibility index (Phi) is 3.10. The normalized spacial score (nSPS) is 15.5. The summed E-state index contributed by atoms with van der Waals surface area (Å²) in [6, 6.07) is 6.16. The van der Waals surface area contributed by atoms with Crippen LogP contribution in [0.25, 0.3) is 5.78 Å². The number of hydrogen-bond donors (Lipinski definition) is 0. The van der Waals surface area contributed by atoms with E-state index in [1.165, 1.54) is 5.69 Å². The van der Waals surface area contributed by atoms with E-state index in [4.69, 9.17) is 0 Å². The molecule has 0 aromatic carbocycles. The topological polar surface area (TPSA) is 62.5 Å². The van der Waals surface area contributed by atoms with Gasteiger partial charge < -0.3 is 9.80 Å². The Morgan fingerprint density at radius 1 is 1.09 bits per heavy atom. The first kappa shape index (κ1) is 13.0. The largest absolute Gasteiger partial charge is 0.367 e. The zero-order valence-corrected chi connectivity index (χ0v) is 12.4. The fourth-order valence-electron chi connectivity index (χ4n) is 2.87. The predicted octanol–water partition coefficient (Wildman–Crippen LogP) is 1.15. The molecule has 0 aliphatic carbocycles. The van der Waals surface area contributed by atoms with Gasteiger partial charge in [-0.2, -0.15) is 14.6 Å². The SMILES string of the molecule is Cc1cc(N2CCN(c3cccnc3)CC2)n2ncnc2n1. The van der Waals surface area contributed by atoms with E-state index < -0.39 is 0 Å². The van der Waals surface area contributed by atoms with Crippen LogP contribution in [-0.4, -0.2) is 50.7 Å². The lowest BCUT2D eigenvalue weighted by molar-refractivity contribution is 0.637. The minimum Gasteiger partial charge on any atom is -0.367 e. The summed E-state index contributed by atoms with van der Waals surface area (Å²) >= 11 is 0. The Labute approximate surface area is 128 Å². The van der Waals surface area contributed by atoms with Crippen LogP contribution in [0, 0.1) is 6.92 Å². The Morgan fingerprint density at radius 3 is 2.68 bits per heavy atom. The zero-order valence-electron chi connectivity index (χ0n) is 12.4. The second-order valence-electron chi connectivity index (χ2n) is 5.41. The van der Waals surface area contributed by atoms with Crippen molar-refractivity contribution < 1.29 is 0 Å². The van der Waals surface area contributed by atoms with Gasteiger partial charge in [0.2, 0.25) is 0 Å². The van der Waals surface area contributed by atoms with E-state index in [1.54, 1.807) is 12.5 Å². The first-order chi connectivity index (χ1) is 10.8. The van der Waals surface area contributed by atoms with E-state index >= 15 is 0 Å². The Morgan fingerprint density at radius 2 is 1.91 bits per heavy atom. The van der Waals surface area contributed by atoms with Gasteiger partial charge in [0.1, 0.15) is 12.1 Å². The molecule has 0 spiro atoms. The summed E-state index contributed by atoms with van der Waals surface area (Å²) in [7, 11) is 0. The molecule has 22 heavy (non-hydrogen) atoms. The number of nitrogens with zero attached hydrogens (tertiary/aromatic N) is 7. The fraction of sp³-hybridized carbons (Fsp3) is 0.333. The zero-order chi connectivity index (χ0) is 14.9. The molecule has 3 aromatic rings. The molecule has 1 aliphatic heterocycles. The summed E-state index contributed by atoms with van der Waals surface area (Å²) in [5, 5.41) is 4.29. The second-order valence-corrected chi connectivity index (χ2v) is 5.41. The van der Waals surface area contributed by atoms with Gasteiger partial charge in [-0.05, 0) is 19.1 Å². The monoisotopic (exact) mass is 295 g/mol. The van der Waals surface area contributed by atoms with Crippen molar-refractivity contribution in [3.8, 4) is 0 Å². The van der Waals surface area contributed by atoms with Crippen molar-refractivity contribution in [2.45, 2.75) is 6.92 Å². The number of rotatable bonds is 2. The van der Waals surface area contributed by atoms with Crippen LogP contribution < -0.4 is 9.80 Å². The summed E-state index contributed by atoms with van der Waals surface area (Å²) < 4.78 is 1.81. The van der Waals surface area contributed by atoms with Crippen molar-refractivity contribution in [3.05, 3.63) is 42.6 Å². The van der Waals surface area contributed by atoms with E-state index in [1.807, 2.05) is 23.7 Å². The number of hydrogen-bond acceptors (Lipinski definition) is 6. The van der Waals surface area contributed by atoms with E-state index in [-0.39, 0.29) is 0 Å². The summed E-state index contributed by atoms with van der Waals surface area (Å²) in [4.78, 5) is 17.5. The van der Waals surface area contributed by atoms with Crippen LogP contribution in [-0.2, 0) is 0 Å². The molecule has 1 saturated heterocycles. The first-order valence-corrected chi connectivity index (χ1v) is 7.38. The van der Waals surface area contributed by atoms with Crippen molar-refractivity contribution in [2.24, 2.45) is 0 Å².